The SMILES string of the molecule is CCCOc1ccc([C@@H]2CC(=O)Nc3c(S(=O)(=O)c4ccc(C)cc4)csc32)cc1OCC. The van der Waals surface area contributed by atoms with E-state index < -0.39 is 9.84 Å². The maximum absolute atomic E-state index is 13.3. The molecule has 3 aromatic rings. The molecule has 4 rings (SSSR count). The van der Waals surface area contributed by atoms with Crippen molar-refractivity contribution < 1.29 is 22.7 Å². The molecule has 1 N–H and O–H groups in total. The number of rotatable bonds is 8. The van der Waals surface area contributed by atoms with Crippen LogP contribution in [0.15, 0.2) is 57.6 Å². The predicted octanol–water partition coefficient (Wildman–Crippen LogP) is 5.55. The molecule has 1 atom stereocenters. The average Bonchev–Trinajstić information content (AvgIpc) is 3.23. The van der Waals surface area contributed by atoms with Gasteiger partial charge in [0.1, 0.15) is 4.90 Å². The van der Waals surface area contributed by atoms with Crippen LogP contribution in [0, 0.1) is 6.92 Å². The number of benzene rings is 2. The molecule has 0 fully saturated rings. The molecule has 2 heterocycles. The number of aryl methyl sites for hydroxylation is 1. The first kappa shape index (κ1) is 23.3. The Morgan fingerprint density at radius 1 is 1.06 bits per heavy atom. The van der Waals surface area contributed by atoms with Gasteiger partial charge < -0.3 is 14.8 Å². The number of carbonyl (C=O) groups is 1. The van der Waals surface area contributed by atoms with Crippen molar-refractivity contribution in [2.75, 3.05) is 18.5 Å². The Labute approximate surface area is 198 Å². The summed E-state index contributed by atoms with van der Waals surface area (Å²) in [5, 5.41) is 4.44. The topological polar surface area (TPSA) is 81.7 Å². The summed E-state index contributed by atoms with van der Waals surface area (Å²) in [6.07, 6.45) is 1.12. The fourth-order valence-electron chi connectivity index (χ4n) is 3.86. The normalized spacial score (nSPS) is 15.6. The van der Waals surface area contributed by atoms with E-state index in [-0.39, 0.29) is 28.0 Å². The number of sulfone groups is 1. The summed E-state index contributed by atoms with van der Waals surface area (Å²) in [5.74, 6) is 0.812. The zero-order valence-electron chi connectivity index (χ0n) is 18.9. The van der Waals surface area contributed by atoms with Crippen LogP contribution in [0.25, 0.3) is 0 Å². The minimum atomic E-state index is -3.77. The molecule has 0 radical (unpaired) electrons. The van der Waals surface area contributed by atoms with Gasteiger partial charge in [0.2, 0.25) is 15.7 Å². The van der Waals surface area contributed by atoms with Crippen LogP contribution in [0.4, 0.5) is 5.69 Å². The number of fused-ring (bicyclic) bond motifs is 1. The molecule has 33 heavy (non-hydrogen) atoms. The number of nitrogens with one attached hydrogen (secondary N) is 1. The van der Waals surface area contributed by atoms with Crippen molar-refractivity contribution in [2.24, 2.45) is 0 Å². The molecule has 1 aliphatic rings. The average molecular weight is 486 g/mol. The number of thiophene rings is 1. The van der Waals surface area contributed by atoms with Crippen LogP contribution in [0.2, 0.25) is 0 Å². The van der Waals surface area contributed by atoms with Gasteiger partial charge in [-0.05, 0) is 50.1 Å². The second-order valence-electron chi connectivity index (χ2n) is 7.95. The third-order valence-corrected chi connectivity index (χ3v) is 8.55. The van der Waals surface area contributed by atoms with E-state index in [1.807, 2.05) is 39.0 Å². The zero-order chi connectivity index (χ0) is 23.6. The lowest BCUT2D eigenvalue weighted by Gasteiger charge is -2.24. The summed E-state index contributed by atoms with van der Waals surface area (Å²) >= 11 is 1.35. The van der Waals surface area contributed by atoms with Crippen molar-refractivity contribution >= 4 is 32.8 Å². The van der Waals surface area contributed by atoms with E-state index in [1.165, 1.54) is 11.3 Å². The van der Waals surface area contributed by atoms with Crippen molar-refractivity contribution in [3.8, 4) is 11.5 Å². The molecular formula is C25H27NO5S2. The Morgan fingerprint density at radius 2 is 1.82 bits per heavy atom. The number of carbonyl (C=O) groups excluding carboxylic acids is 1. The van der Waals surface area contributed by atoms with E-state index in [0.717, 1.165) is 22.4 Å². The third kappa shape index (κ3) is 4.63. The highest BCUT2D eigenvalue weighted by molar-refractivity contribution is 7.91. The second-order valence-corrected chi connectivity index (χ2v) is 10.8. The molecule has 0 saturated heterocycles. The van der Waals surface area contributed by atoms with Gasteiger partial charge in [0.25, 0.3) is 0 Å². The van der Waals surface area contributed by atoms with E-state index >= 15 is 0 Å². The minimum absolute atomic E-state index is 0.136. The van der Waals surface area contributed by atoms with Gasteiger partial charge in [-0.2, -0.15) is 0 Å². The Balaban J connectivity index is 1.75. The van der Waals surface area contributed by atoms with Crippen molar-refractivity contribution in [3.05, 3.63) is 63.8 Å². The van der Waals surface area contributed by atoms with E-state index in [0.29, 0.717) is 30.4 Å². The number of amides is 1. The molecule has 0 unspecified atom stereocenters. The maximum Gasteiger partial charge on any atom is 0.225 e. The molecule has 0 bridgehead atoms. The second kappa shape index (κ2) is 9.57. The molecule has 1 amide bonds. The summed E-state index contributed by atoms with van der Waals surface area (Å²) in [4.78, 5) is 13.8. The standard InChI is InChI=1S/C25H27NO5S2/c1-4-12-31-20-11-8-17(13-21(20)30-5-2)19-14-23(27)26-24-22(15-32-25(19)24)33(28,29)18-9-6-16(3)7-10-18/h6-11,13,15,19H,4-5,12,14H2,1-3H3,(H,26,27)/t19-/m0/s1. The number of anilines is 1. The first-order valence-electron chi connectivity index (χ1n) is 11.0. The zero-order valence-corrected chi connectivity index (χ0v) is 20.5. The highest BCUT2D eigenvalue weighted by Crippen LogP contribution is 2.47. The summed E-state index contributed by atoms with van der Waals surface area (Å²) < 4.78 is 38.2. The van der Waals surface area contributed by atoms with Gasteiger partial charge in [0, 0.05) is 22.6 Å². The lowest BCUT2D eigenvalue weighted by atomic mass is 9.90. The van der Waals surface area contributed by atoms with Crippen LogP contribution in [0.1, 0.15) is 48.6 Å². The Morgan fingerprint density at radius 3 is 2.52 bits per heavy atom. The Kier molecular flexibility index (Phi) is 6.76. The van der Waals surface area contributed by atoms with Crippen molar-refractivity contribution in [1.82, 2.24) is 0 Å². The number of hydrogen-bond acceptors (Lipinski definition) is 6. The largest absolute Gasteiger partial charge is 0.490 e. The van der Waals surface area contributed by atoms with Gasteiger partial charge >= 0.3 is 0 Å². The molecule has 174 valence electrons. The van der Waals surface area contributed by atoms with E-state index in [1.54, 1.807) is 29.6 Å². The van der Waals surface area contributed by atoms with Crippen LogP contribution in [0.3, 0.4) is 0 Å². The number of hydrogen-bond donors (Lipinski definition) is 1. The third-order valence-electron chi connectivity index (χ3n) is 5.51. The van der Waals surface area contributed by atoms with Gasteiger partial charge in [-0.25, -0.2) is 8.42 Å². The Hall–Kier alpha value is -2.84. The fraction of sp³-hybridized carbons (Fsp3) is 0.320. The molecule has 0 aliphatic carbocycles. The van der Waals surface area contributed by atoms with E-state index in [4.69, 9.17) is 9.47 Å². The Bertz CT molecular complexity index is 1260. The molecular weight excluding hydrogens is 458 g/mol. The molecule has 0 spiro atoms. The quantitative estimate of drug-likeness (QED) is 0.452. The van der Waals surface area contributed by atoms with E-state index in [9.17, 15) is 13.2 Å². The lowest BCUT2D eigenvalue weighted by Crippen LogP contribution is -2.23. The summed E-state index contributed by atoms with van der Waals surface area (Å²) in [6.45, 7) is 6.92. The van der Waals surface area contributed by atoms with Crippen LogP contribution >= 0.6 is 11.3 Å². The molecule has 2 aromatic carbocycles. The molecule has 0 saturated carbocycles. The highest BCUT2D eigenvalue weighted by Gasteiger charge is 2.34. The van der Waals surface area contributed by atoms with Crippen molar-refractivity contribution in [3.63, 3.8) is 0 Å². The lowest BCUT2D eigenvalue weighted by molar-refractivity contribution is -0.116. The van der Waals surface area contributed by atoms with Gasteiger partial charge in [0.15, 0.2) is 11.5 Å². The van der Waals surface area contributed by atoms with Crippen molar-refractivity contribution in [2.45, 2.75) is 49.3 Å². The minimum Gasteiger partial charge on any atom is -0.490 e. The summed E-state index contributed by atoms with van der Waals surface area (Å²) in [5.41, 5.74) is 2.25. The summed E-state index contributed by atoms with van der Waals surface area (Å²) in [6, 6.07) is 12.4. The molecule has 1 aromatic heterocycles. The van der Waals surface area contributed by atoms with Crippen LogP contribution in [0.5, 0.6) is 11.5 Å². The number of ether oxygens (including phenoxy) is 2. The molecule has 6 nitrogen and oxygen atoms in total. The van der Waals surface area contributed by atoms with Gasteiger partial charge in [-0.15, -0.1) is 11.3 Å². The van der Waals surface area contributed by atoms with E-state index in [2.05, 4.69) is 5.32 Å². The van der Waals surface area contributed by atoms with Gasteiger partial charge in [-0.1, -0.05) is 30.7 Å². The monoisotopic (exact) mass is 485 g/mol. The first-order chi connectivity index (χ1) is 15.8. The fourth-order valence-corrected chi connectivity index (χ4v) is 6.76. The first-order valence-corrected chi connectivity index (χ1v) is 13.3. The molecule has 8 heteroatoms. The highest BCUT2D eigenvalue weighted by atomic mass is 32.2. The van der Waals surface area contributed by atoms with Gasteiger partial charge in [-0.3, -0.25) is 4.79 Å². The van der Waals surface area contributed by atoms with Crippen LogP contribution in [-0.2, 0) is 14.6 Å². The summed E-state index contributed by atoms with van der Waals surface area (Å²) in [7, 11) is -3.77. The van der Waals surface area contributed by atoms with Crippen LogP contribution in [-0.4, -0.2) is 27.5 Å². The maximum atomic E-state index is 13.3. The molecule has 1 aliphatic heterocycles. The smallest absolute Gasteiger partial charge is 0.225 e. The van der Waals surface area contributed by atoms with Crippen LogP contribution < -0.4 is 14.8 Å². The predicted molar refractivity (Wildman–Crippen MR) is 129 cm³/mol. The van der Waals surface area contributed by atoms with Crippen molar-refractivity contribution in [1.29, 1.82) is 0 Å². The van der Waals surface area contributed by atoms with Gasteiger partial charge in [0.05, 0.1) is 23.8 Å².